The summed E-state index contributed by atoms with van der Waals surface area (Å²) in [6.07, 6.45) is 5.25. The van der Waals surface area contributed by atoms with Crippen LogP contribution < -0.4 is 4.72 Å². The number of esters is 1. The van der Waals surface area contributed by atoms with Gasteiger partial charge < -0.3 is 4.74 Å². The fourth-order valence-corrected chi connectivity index (χ4v) is 3.22. The molecule has 1 amide bonds. The maximum Gasteiger partial charge on any atom is 0.338 e. The maximum atomic E-state index is 12.4. The molecule has 1 N–H and O–H groups in total. The summed E-state index contributed by atoms with van der Waals surface area (Å²) in [6, 6.07) is 14.1. The van der Waals surface area contributed by atoms with Crippen LogP contribution in [-0.4, -0.2) is 33.2 Å². The third-order valence-corrected chi connectivity index (χ3v) is 4.73. The van der Waals surface area contributed by atoms with Gasteiger partial charge in [-0.2, -0.15) is 0 Å². The van der Waals surface area contributed by atoms with Crippen molar-refractivity contribution in [1.29, 1.82) is 0 Å². The molecule has 0 radical (unpaired) electrons. The van der Waals surface area contributed by atoms with Gasteiger partial charge in [0.2, 0.25) is 10.0 Å². The van der Waals surface area contributed by atoms with Crippen molar-refractivity contribution in [1.82, 2.24) is 4.72 Å². The molecule has 0 fully saturated rings. The zero-order valence-corrected chi connectivity index (χ0v) is 17.5. The standard InChI is InChI=1S/C22H25NO5S/c1-16-12-13-19(20(15-16)21(24)23-29(3,26)27)17(2)9-7-8-14-28-22(25)18-10-5-4-6-11-18/h4-7,9-13,15,17H,8,14H2,1-3H3,(H,23,24)/b9-7+. The number of amides is 1. The largest absolute Gasteiger partial charge is 0.462 e. The number of carbonyl (C=O) groups is 2. The summed E-state index contributed by atoms with van der Waals surface area (Å²) in [5.41, 5.74) is 2.40. The van der Waals surface area contributed by atoms with Gasteiger partial charge in [0.1, 0.15) is 0 Å². The van der Waals surface area contributed by atoms with Crippen molar-refractivity contribution in [2.45, 2.75) is 26.2 Å². The minimum atomic E-state index is -3.65. The number of nitrogens with one attached hydrogen (secondary N) is 1. The normalized spacial score (nSPS) is 12.5. The Morgan fingerprint density at radius 1 is 1.14 bits per heavy atom. The van der Waals surface area contributed by atoms with Crippen molar-refractivity contribution in [3.05, 3.63) is 82.9 Å². The number of benzene rings is 2. The fraction of sp³-hybridized carbons (Fsp3) is 0.273. The second-order valence-electron chi connectivity index (χ2n) is 6.80. The highest BCUT2D eigenvalue weighted by molar-refractivity contribution is 7.89. The van der Waals surface area contributed by atoms with Crippen LogP contribution >= 0.6 is 0 Å². The van der Waals surface area contributed by atoms with Gasteiger partial charge in [-0.05, 0) is 43.0 Å². The topological polar surface area (TPSA) is 89.5 Å². The van der Waals surface area contributed by atoms with Crippen LogP contribution in [0.2, 0.25) is 0 Å². The molecule has 2 rings (SSSR count). The highest BCUT2D eigenvalue weighted by atomic mass is 32.2. The SMILES string of the molecule is Cc1ccc(C(C)/C=C/CCOC(=O)c2ccccc2)c(C(=O)NS(C)(=O)=O)c1. The van der Waals surface area contributed by atoms with E-state index in [1.165, 1.54) is 0 Å². The number of hydrogen-bond donors (Lipinski definition) is 1. The van der Waals surface area contributed by atoms with Crippen molar-refractivity contribution >= 4 is 21.9 Å². The first-order chi connectivity index (χ1) is 13.7. The van der Waals surface area contributed by atoms with Gasteiger partial charge in [-0.25, -0.2) is 17.9 Å². The van der Waals surface area contributed by atoms with E-state index >= 15 is 0 Å². The molecule has 0 aliphatic carbocycles. The molecule has 0 bridgehead atoms. The highest BCUT2D eigenvalue weighted by Gasteiger charge is 2.17. The summed E-state index contributed by atoms with van der Waals surface area (Å²) in [5, 5.41) is 0. The first-order valence-corrected chi connectivity index (χ1v) is 11.1. The summed E-state index contributed by atoms with van der Waals surface area (Å²) < 4.78 is 30.0. The number of hydrogen-bond acceptors (Lipinski definition) is 5. The monoisotopic (exact) mass is 415 g/mol. The van der Waals surface area contributed by atoms with E-state index in [0.717, 1.165) is 11.8 Å². The Morgan fingerprint density at radius 3 is 2.48 bits per heavy atom. The minimum Gasteiger partial charge on any atom is -0.462 e. The molecule has 1 unspecified atom stereocenters. The zero-order valence-electron chi connectivity index (χ0n) is 16.7. The van der Waals surface area contributed by atoms with Crippen LogP contribution in [0.3, 0.4) is 0 Å². The van der Waals surface area contributed by atoms with E-state index in [1.807, 2.05) is 48.9 Å². The van der Waals surface area contributed by atoms with Gasteiger partial charge in [0, 0.05) is 5.56 Å². The van der Waals surface area contributed by atoms with Gasteiger partial charge in [0.15, 0.2) is 0 Å². The number of carbonyl (C=O) groups excluding carboxylic acids is 2. The van der Waals surface area contributed by atoms with Crippen molar-refractivity contribution in [2.75, 3.05) is 12.9 Å². The number of aryl methyl sites for hydroxylation is 1. The van der Waals surface area contributed by atoms with E-state index in [4.69, 9.17) is 4.74 Å². The van der Waals surface area contributed by atoms with Crippen LogP contribution in [0.25, 0.3) is 0 Å². The quantitative estimate of drug-likeness (QED) is 0.404. The van der Waals surface area contributed by atoms with Crippen LogP contribution in [0.15, 0.2) is 60.7 Å². The molecule has 6 nitrogen and oxygen atoms in total. The zero-order chi connectivity index (χ0) is 21.4. The van der Waals surface area contributed by atoms with E-state index < -0.39 is 15.9 Å². The lowest BCUT2D eigenvalue weighted by Crippen LogP contribution is -2.30. The Balaban J connectivity index is 1.98. The number of ether oxygens (including phenoxy) is 1. The molecular formula is C22H25NO5S. The lowest BCUT2D eigenvalue weighted by molar-refractivity contribution is 0.0511. The average molecular weight is 416 g/mol. The van der Waals surface area contributed by atoms with E-state index in [0.29, 0.717) is 23.1 Å². The Morgan fingerprint density at radius 2 is 1.83 bits per heavy atom. The Hall–Kier alpha value is -2.93. The Bertz CT molecular complexity index is 997. The predicted molar refractivity (Wildman–Crippen MR) is 112 cm³/mol. The third-order valence-electron chi connectivity index (χ3n) is 4.17. The highest BCUT2D eigenvalue weighted by Crippen LogP contribution is 2.23. The molecule has 0 saturated carbocycles. The molecule has 0 saturated heterocycles. The molecule has 29 heavy (non-hydrogen) atoms. The minimum absolute atomic E-state index is 0.124. The van der Waals surface area contributed by atoms with Crippen molar-refractivity contribution in [3.63, 3.8) is 0 Å². The molecule has 0 aliphatic heterocycles. The summed E-state index contributed by atoms with van der Waals surface area (Å²) in [6.45, 7) is 3.99. The van der Waals surface area contributed by atoms with E-state index in [-0.39, 0.29) is 18.5 Å². The molecule has 0 spiro atoms. The lowest BCUT2D eigenvalue weighted by Gasteiger charge is -2.14. The number of rotatable bonds is 8. The van der Waals surface area contributed by atoms with Crippen LogP contribution in [0, 0.1) is 6.92 Å². The molecule has 154 valence electrons. The third kappa shape index (κ3) is 7.19. The maximum absolute atomic E-state index is 12.4. The molecule has 0 aliphatic rings. The molecule has 7 heteroatoms. The van der Waals surface area contributed by atoms with Crippen LogP contribution in [-0.2, 0) is 14.8 Å². The summed E-state index contributed by atoms with van der Waals surface area (Å²) in [5.74, 6) is -1.14. The lowest BCUT2D eigenvalue weighted by atomic mass is 9.93. The smallest absolute Gasteiger partial charge is 0.338 e. The second kappa shape index (κ2) is 10.0. The van der Waals surface area contributed by atoms with Crippen molar-refractivity contribution in [3.8, 4) is 0 Å². The number of allylic oxidation sites excluding steroid dienone is 1. The van der Waals surface area contributed by atoms with Gasteiger partial charge in [-0.3, -0.25) is 4.79 Å². The predicted octanol–water partition coefficient (Wildman–Crippen LogP) is 3.59. The molecule has 2 aromatic rings. The fourth-order valence-electron chi connectivity index (χ4n) is 2.77. The summed E-state index contributed by atoms with van der Waals surface area (Å²) >= 11 is 0. The Labute approximate surface area is 171 Å². The van der Waals surface area contributed by atoms with Crippen molar-refractivity contribution < 1.29 is 22.7 Å². The molecular weight excluding hydrogens is 390 g/mol. The van der Waals surface area contributed by atoms with E-state index in [2.05, 4.69) is 0 Å². The van der Waals surface area contributed by atoms with Gasteiger partial charge >= 0.3 is 5.97 Å². The van der Waals surface area contributed by atoms with Gasteiger partial charge in [0.05, 0.1) is 18.4 Å². The van der Waals surface area contributed by atoms with Crippen LogP contribution in [0.5, 0.6) is 0 Å². The first-order valence-electron chi connectivity index (χ1n) is 9.19. The second-order valence-corrected chi connectivity index (χ2v) is 8.55. The van der Waals surface area contributed by atoms with Gasteiger partial charge in [-0.1, -0.05) is 55.0 Å². The summed E-state index contributed by atoms with van der Waals surface area (Å²) in [7, 11) is -3.65. The molecule has 1 atom stereocenters. The molecule has 0 heterocycles. The first kappa shape index (κ1) is 22.4. The molecule has 0 aromatic heterocycles. The van der Waals surface area contributed by atoms with Crippen LogP contribution in [0.1, 0.15) is 51.1 Å². The average Bonchev–Trinajstić information content (AvgIpc) is 2.66. The van der Waals surface area contributed by atoms with E-state index in [1.54, 1.807) is 30.3 Å². The summed E-state index contributed by atoms with van der Waals surface area (Å²) in [4.78, 5) is 24.2. The van der Waals surface area contributed by atoms with E-state index in [9.17, 15) is 18.0 Å². The number of sulfonamides is 1. The van der Waals surface area contributed by atoms with Crippen molar-refractivity contribution in [2.24, 2.45) is 0 Å². The van der Waals surface area contributed by atoms with Gasteiger partial charge in [0.25, 0.3) is 5.91 Å². The molecule has 2 aromatic carbocycles. The Kier molecular flexibility index (Phi) is 7.73. The van der Waals surface area contributed by atoms with Gasteiger partial charge in [-0.15, -0.1) is 0 Å². The van der Waals surface area contributed by atoms with Crippen LogP contribution in [0.4, 0.5) is 0 Å².